The Morgan fingerprint density at radius 2 is 1.65 bits per heavy atom. The van der Waals surface area contributed by atoms with Gasteiger partial charge < -0.3 is 15.8 Å². The van der Waals surface area contributed by atoms with Gasteiger partial charge in [-0.25, -0.2) is 0 Å². The molecule has 43 heavy (non-hydrogen) atoms. The van der Waals surface area contributed by atoms with E-state index in [1.165, 1.54) is 27.8 Å². The molecule has 5 nitrogen and oxygen atoms in total. The number of carbonyl (C=O) groups excluding carboxylic acids is 2. The first-order chi connectivity index (χ1) is 20.7. The number of fused-ring (bicyclic) bond motifs is 1. The van der Waals surface area contributed by atoms with Gasteiger partial charge in [0.2, 0.25) is 0 Å². The first-order valence-electron chi connectivity index (χ1n) is 15.6. The zero-order valence-electron chi connectivity index (χ0n) is 26.4. The number of hydrogen-bond donors (Lipinski definition) is 2. The van der Waals surface area contributed by atoms with Gasteiger partial charge in [0.05, 0.1) is 12.8 Å². The van der Waals surface area contributed by atoms with Gasteiger partial charge >= 0.3 is 11.8 Å². The third-order valence-electron chi connectivity index (χ3n) is 7.74. The summed E-state index contributed by atoms with van der Waals surface area (Å²) in [5.74, 6) is -0.917. The van der Waals surface area contributed by atoms with E-state index in [2.05, 4.69) is 81.5 Å². The molecule has 0 aliphatic heterocycles. The number of ether oxygens (including phenoxy) is 1. The molecule has 1 aliphatic carbocycles. The summed E-state index contributed by atoms with van der Waals surface area (Å²) in [6.07, 6.45) is 7.82. The Kier molecular flexibility index (Phi) is 13.0. The summed E-state index contributed by atoms with van der Waals surface area (Å²) in [4.78, 5) is 23.2. The fraction of sp³-hybridized carbons (Fsp3) is 0.405. The lowest BCUT2D eigenvalue weighted by Gasteiger charge is -2.20. The van der Waals surface area contributed by atoms with E-state index in [0.717, 1.165) is 73.8 Å². The van der Waals surface area contributed by atoms with Crippen molar-refractivity contribution in [1.82, 2.24) is 0 Å². The number of anilines is 1. The number of carbonyl (C=O) groups is 2. The predicted molar refractivity (Wildman–Crippen MR) is 176 cm³/mol. The molecule has 2 amide bonds. The molecule has 6 heteroatoms. The van der Waals surface area contributed by atoms with Crippen LogP contribution in [0.1, 0.15) is 99.1 Å². The molecule has 0 saturated carbocycles. The predicted octanol–water partition coefficient (Wildman–Crippen LogP) is 8.74. The quantitative estimate of drug-likeness (QED) is 0.233. The van der Waals surface area contributed by atoms with Gasteiger partial charge in [-0.3, -0.25) is 14.0 Å². The van der Waals surface area contributed by atoms with E-state index in [4.69, 9.17) is 10.5 Å². The SMILES string of the molecule is CCCC(CC)Oc1ccc(C2=C(c3ccc(C)cc3C)CCCc3cc(NC(=O)C(N)=O)ccc32)cc1.CCCCF. The molecule has 0 radical (unpaired) electrons. The first-order valence-corrected chi connectivity index (χ1v) is 15.6. The lowest BCUT2D eigenvalue weighted by Crippen LogP contribution is -2.29. The van der Waals surface area contributed by atoms with Crippen molar-refractivity contribution in [2.24, 2.45) is 5.73 Å². The summed E-state index contributed by atoms with van der Waals surface area (Å²) in [6.45, 7) is 10.5. The molecule has 3 N–H and O–H groups in total. The minimum Gasteiger partial charge on any atom is -0.490 e. The van der Waals surface area contributed by atoms with E-state index in [0.29, 0.717) is 5.69 Å². The summed E-state index contributed by atoms with van der Waals surface area (Å²) in [5, 5.41) is 2.62. The lowest BCUT2D eigenvalue weighted by atomic mass is 9.86. The second-order valence-electron chi connectivity index (χ2n) is 11.2. The zero-order valence-corrected chi connectivity index (χ0v) is 26.4. The molecule has 0 bridgehead atoms. The number of allylic oxidation sites excluding steroid dienone is 1. The van der Waals surface area contributed by atoms with Crippen molar-refractivity contribution in [2.45, 2.75) is 92.1 Å². The van der Waals surface area contributed by atoms with Gasteiger partial charge in [0.25, 0.3) is 0 Å². The monoisotopic (exact) mass is 586 g/mol. The number of unbranched alkanes of at least 4 members (excludes halogenated alkanes) is 1. The standard InChI is InChI=1S/C33H38N2O3.C4H9F/c1-5-8-26(6-2)38-27-15-12-23(13-16-27)31-29-18-14-25(35-33(37)32(34)36)20-24(29)9-7-10-30(31)28-17-11-21(3)19-22(28)4;1-2-3-4-5/h11-20,26H,5-10H2,1-4H3,(H2,34,36)(H,35,37);2-4H2,1H3. The van der Waals surface area contributed by atoms with Crippen molar-refractivity contribution >= 4 is 28.6 Å². The maximum absolute atomic E-state index is 11.9. The number of amides is 2. The average molecular weight is 587 g/mol. The first kappa shape index (κ1) is 33.6. The van der Waals surface area contributed by atoms with Gasteiger partial charge in [-0.05, 0) is 116 Å². The van der Waals surface area contributed by atoms with E-state index in [9.17, 15) is 14.0 Å². The van der Waals surface area contributed by atoms with Crippen LogP contribution in [0, 0.1) is 13.8 Å². The third-order valence-corrected chi connectivity index (χ3v) is 7.74. The summed E-state index contributed by atoms with van der Waals surface area (Å²) in [7, 11) is 0. The van der Waals surface area contributed by atoms with Gasteiger partial charge in [0, 0.05) is 5.69 Å². The van der Waals surface area contributed by atoms with E-state index in [1.807, 2.05) is 19.1 Å². The minimum absolute atomic E-state index is 0.156. The van der Waals surface area contributed by atoms with Crippen molar-refractivity contribution in [3.8, 4) is 5.75 Å². The second kappa shape index (κ2) is 16.6. The Balaban J connectivity index is 0.000000934. The van der Waals surface area contributed by atoms with E-state index < -0.39 is 11.8 Å². The largest absolute Gasteiger partial charge is 0.490 e. The maximum atomic E-state index is 11.9. The number of aryl methyl sites for hydroxylation is 3. The Morgan fingerprint density at radius 3 is 2.23 bits per heavy atom. The number of benzene rings is 3. The molecule has 1 aliphatic rings. The fourth-order valence-electron chi connectivity index (χ4n) is 5.50. The van der Waals surface area contributed by atoms with Crippen LogP contribution in [-0.2, 0) is 16.0 Å². The highest BCUT2D eigenvalue weighted by molar-refractivity contribution is 6.39. The lowest BCUT2D eigenvalue weighted by molar-refractivity contribution is -0.134. The molecule has 230 valence electrons. The maximum Gasteiger partial charge on any atom is 0.313 e. The van der Waals surface area contributed by atoms with Crippen LogP contribution < -0.4 is 15.8 Å². The molecule has 3 aromatic rings. The summed E-state index contributed by atoms with van der Waals surface area (Å²) < 4.78 is 17.3. The Labute approximate surface area is 256 Å². The molecule has 4 rings (SSSR count). The number of primary amides is 1. The van der Waals surface area contributed by atoms with Crippen molar-refractivity contribution in [3.63, 3.8) is 0 Å². The number of alkyl halides is 1. The molecule has 0 aromatic heterocycles. The van der Waals surface area contributed by atoms with Crippen molar-refractivity contribution < 1.29 is 18.7 Å². The number of halogens is 1. The van der Waals surface area contributed by atoms with Gasteiger partial charge in [-0.1, -0.05) is 75.6 Å². The van der Waals surface area contributed by atoms with Crippen LogP contribution in [0.15, 0.2) is 60.7 Å². The average Bonchev–Trinajstić information content (AvgIpc) is 3.17. The van der Waals surface area contributed by atoms with E-state index in [-0.39, 0.29) is 12.8 Å². The highest BCUT2D eigenvalue weighted by Gasteiger charge is 2.22. The number of hydrogen-bond acceptors (Lipinski definition) is 3. The molecular weight excluding hydrogens is 539 g/mol. The van der Waals surface area contributed by atoms with Gasteiger partial charge in [0.1, 0.15) is 5.75 Å². The highest BCUT2D eigenvalue weighted by atomic mass is 19.1. The summed E-state index contributed by atoms with van der Waals surface area (Å²) in [5.41, 5.74) is 15.4. The van der Waals surface area contributed by atoms with Crippen LogP contribution in [0.3, 0.4) is 0 Å². The van der Waals surface area contributed by atoms with Crippen LogP contribution in [0.25, 0.3) is 11.1 Å². The third kappa shape index (κ3) is 9.28. The zero-order chi connectivity index (χ0) is 31.4. The van der Waals surface area contributed by atoms with Crippen molar-refractivity contribution in [1.29, 1.82) is 0 Å². The summed E-state index contributed by atoms with van der Waals surface area (Å²) >= 11 is 0. The molecule has 0 fully saturated rings. The smallest absolute Gasteiger partial charge is 0.313 e. The van der Waals surface area contributed by atoms with Crippen LogP contribution in [0.2, 0.25) is 0 Å². The fourth-order valence-corrected chi connectivity index (χ4v) is 5.50. The van der Waals surface area contributed by atoms with E-state index in [1.54, 1.807) is 0 Å². The molecule has 0 spiro atoms. The van der Waals surface area contributed by atoms with Crippen LogP contribution in [0.4, 0.5) is 10.1 Å². The molecule has 0 saturated heterocycles. The molecule has 1 unspecified atom stereocenters. The highest BCUT2D eigenvalue weighted by Crippen LogP contribution is 2.42. The molecular formula is C37H47FN2O3. The van der Waals surface area contributed by atoms with E-state index >= 15 is 0 Å². The van der Waals surface area contributed by atoms with Crippen LogP contribution >= 0.6 is 0 Å². The van der Waals surface area contributed by atoms with Gasteiger partial charge in [-0.15, -0.1) is 0 Å². The Hall–Kier alpha value is -3.93. The molecule has 3 aromatic carbocycles. The molecule has 1 atom stereocenters. The minimum atomic E-state index is -0.996. The number of rotatable bonds is 10. The number of nitrogens with one attached hydrogen (secondary N) is 1. The van der Waals surface area contributed by atoms with Gasteiger partial charge in [0.15, 0.2) is 0 Å². The van der Waals surface area contributed by atoms with Crippen LogP contribution in [0.5, 0.6) is 5.75 Å². The van der Waals surface area contributed by atoms with Crippen molar-refractivity contribution in [2.75, 3.05) is 12.0 Å². The summed E-state index contributed by atoms with van der Waals surface area (Å²) in [6, 6.07) is 21.0. The normalized spacial score (nSPS) is 13.3. The Morgan fingerprint density at radius 1 is 0.930 bits per heavy atom. The molecule has 0 heterocycles. The Bertz CT molecular complexity index is 1410. The van der Waals surface area contributed by atoms with Crippen LogP contribution in [-0.4, -0.2) is 24.6 Å². The topological polar surface area (TPSA) is 81.4 Å². The van der Waals surface area contributed by atoms with Crippen molar-refractivity contribution in [3.05, 3.63) is 94.0 Å². The van der Waals surface area contributed by atoms with Gasteiger partial charge in [-0.2, -0.15) is 0 Å². The second-order valence-corrected chi connectivity index (χ2v) is 11.2. The number of nitrogens with two attached hydrogens (primary N) is 1.